The molecule has 1 heterocycles. The van der Waals surface area contributed by atoms with E-state index in [0.29, 0.717) is 24.1 Å². The highest BCUT2D eigenvalue weighted by Gasteiger charge is 2.37. The second kappa shape index (κ2) is 5.10. The van der Waals surface area contributed by atoms with Crippen LogP contribution in [0.3, 0.4) is 0 Å². The number of aromatic nitrogens is 2. The Kier molecular flexibility index (Phi) is 3.71. The number of hydrogen-bond donors (Lipinski definition) is 3. The summed E-state index contributed by atoms with van der Waals surface area (Å²) in [5.41, 5.74) is 5.73. The van der Waals surface area contributed by atoms with Crippen molar-refractivity contribution in [3.63, 3.8) is 0 Å². The van der Waals surface area contributed by atoms with E-state index in [1.54, 1.807) is 6.92 Å². The first kappa shape index (κ1) is 13.1. The predicted molar refractivity (Wildman–Crippen MR) is 72.6 cm³/mol. The maximum atomic E-state index is 11.5. The molecule has 1 aromatic heterocycles. The van der Waals surface area contributed by atoms with Crippen molar-refractivity contribution >= 4 is 5.82 Å². The fraction of sp³-hybridized carbons (Fsp3) is 0.692. The molecule has 0 aliphatic heterocycles. The summed E-state index contributed by atoms with van der Waals surface area (Å²) in [6.45, 7) is 4.58. The van der Waals surface area contributed by atoms with Crippen LogP contribution in [0, 0.1) is 12.8 Å². The topological polar surface area (TPSA) is 83.8 Å². The largest absolute Gasteiger partial charge is 0.363 e. The zero-order valence-corrected chi connectivity index (χ0v) is 11.1. The Balaban J connectivity index is 2.26. The van der Waals surface area contributed by atoms with Crippen LogP contribution in [0.4, 0.5) is 5.82 Å². The number of aromatic amines is 1. The Hall–Kier alpha value is -1.36. The van der Waals surface area contributed by atoms with Gasteiger partial charge in [0.15, 0.2) is 0 Å². The zero-order valence-electron chi connectivity index (χ0n) is 11.1. The summed E-state index contributed by atoms with van der Waals surface area (Å²) in [7, 11) is 0. The van der Waals surface area contributed by atoms with Crippen molar-refractivity contribution in [2.24, 2.45) is 11.7 Å². The van der Waals surface area contributed by atoms with Gasteiger partial charge >= 0.3 is 0 Å². The third-order valence-electron chi connectivity index (χ3n) is 4.05. The van der Waals surface area contributed by atoms with Crippen molar-refractivity contribution in [3.05, 3.63) is 22.2 Å². The van der Waals surface area contributed by atoms with E-state index >= 15 is 0 Å². The van der Waals surface area contributed by atoms with Gasteiger partial charge in [-0.25, -0.2) is 4.98 Å². The van der Waals surface area contributed by atoms with Gasteiger partial charge in [-0.2, -0.15) is 0 Å². The second-order valence-corrected chi connectivity index (χ2v) is 5.35. The first-order valence-electron chi connectivity index (χ1n) is 6.62. The van der Waals surface area contributed by atoms with E-state index in [0.717, 1.165) is 6.42 Å². The summed E-state index contributed by atoms with van der Waals surface area (Å²) >= 11 is 0. The molecule has 1 fully saturated rings. The van der Waals surface area contributed by atoms with Crippen molar-refractivity contribution in [2.75, 3.05) is 11.9 Å². The molecular formula is C13H22N4O. The van der Waals surface area contributed by atoms with Crippen LogP contribution >= 0.6 is 0 Å². The molecule has 2 unspecified atom stereocenters. The number of nitrogens with two attached hydrogens (primary N) is 1. The average Bonchev–Trinajstić information content (AvgIpc) is 2.31. The van der Waals surface area contributed by atoms with Gasteiger partial charge in [0.05, 0.1) is 5.54 Å². The Labute approximate surface area is 107 Å². The lowest BCUT2D eigenvalue weighted by atomic mass is 9.73. The highest BCUT2D eigenvalue weighted by atomic mass is 16.1. The van der Waals surface area contributed by atoms with E-state index in [1.165, 1.54) is 25.3 Å². The monoisotopic (exact) mass is 250 g/mol. The summed E-state index contributed by atoms with van der Waals surface area (Å²) in [6.07, 6.45) is 4.65. The van der Waals surface area contributed by atoms with Gasteiger partial charge in [-0.3, -0.25) is 4.79 Å². The number of aryl methyl sites for hydroxylation is 1. The number of nitrogens with one attached hydrogen (secondary N) is 2. The molecule has 18 heavy (non-hydrogen) atoms. The summed E-state index contributed by atoms with van der Waals surface area (Å²) in [5, 5.41) is 3.42. The number of H-pyrrole nitrogens is 1. The fourth-order valence-corrected chi connectivity index (χ4v) is 2.85. The molecule has 5 nitrogen and oxygen atoms in total. The molecule has 1 aliphatic rings. The maximum absolute atomic E-state index is 11.5. The quantitative estimate of drug-likeness (QED) is 0.757. The van der Waals surface area contributed by atoms with Crippen LogP contribution in [-0.4, -0.2) is 22.1 Å². The predicted octanol–water partition coefficient (Wildman–Crippen LogP) is 1.40. The van der Waals surface area contributed by atoms with Gasteiger partial charge in [-0.1, -0.05) is 19.8 Å². The molecule has 4 N–H and O–H groups in total. The van der Waals surface area contributed by atoms with Gasteiger partial charge in [0.1, 0.15) is 11.6 Å². The van der Waals surface area contributed by atoms with Crippen LogP contribution in [0.2, 0.25) is 0 Å². The average molecular weight is 250 g/mol. The molecule has 1 aromatic rings. The maximum Gasteiger partial charge on any atom is 0.252 e. The zero-order chi connectivity index (χ0) is 13.2. The summed E-state index contributed by atoms with van der Waals surface area (Å²) in [5.74, 6) is 1.76. The Morgan fingerprint density at radius 1 is 1.61 bits per heavy atom. The summed E-state index contributed by atoms with van der Waals surface area (Å²) < 4.78 is 0. The Morgan fingerprint density at radius 2 is 2.39 bits per heavy atom. The number of anilines is 1. The SMILES string of the molecule is Cc1nc(NC2(CN)CCCCC2C)cc(=O)[nH]1. The van der Waals surface area contributed by atoms with Crippen LogP contribution < -0.4 is 16.6 Å². The molecule has 0 bridgehead atoms. The number of hydrogen-bond acceptors (Lipinski definition) is 4. The van der Waals surface area contributed by atoms with Crippen molar-refractivity contribution < 1.29 is 0 Å². The first-order chi connectivity index (χ1) is 8.55. The lowest BCUT2D eigenvalue weighted by molar-refractivity contribution is 0.235. The molecule has 2 rings (SSSR count). The van der Waals surface area contributed by atoms with Crippen LogP contribution in [0.5, 0.6) is 0 Å². The van der Waals surface area contributed by atoms with Gasteiger partial charge in [-0.15, -0.1) is 0 Å². The minimum Gasteiger partial charge on any atom is -0.363 e. The van der Waals surface area contributed by atoms with E-state index in [-0.39, 0.29) is 11.1 Å². The lowest BCUT2D eigenvalue weighted by Gasteiger charge is -2.43. The fourth-order valence-electron chi connectivity index (χ4n) is 2.85. The van der Waals surface area contributed by atoms with Crippen LogP contribution in [-0.2, 0) is 0 Å². The van der Waals surface area contributed by atoms with Gasteiger partial charge in [-0.05, 0) is 25.7 Å². The van der Waals surface area contributed by atoms with E-state index in [1.807, 2.05) is 0 Å². The van der Waals surface area contributed by atoms with Crippen LogP contribution in [0.15, 0.2) is 10.9 Å². The molecule has 0 aromatic carbocycles. The van der Waals surface area contributed by atoms with Crippen LogP contribution in [0.25, 0.3) is 0 Å². The normalized spacial score (nSPS) is 28.1. The molecule has 100 valence electrons. The Bertz CT molecular complexity index is 470. The number of nitrogens with zero attached hydrogens (tertiary/aromatic N) is 1. The van der Waals surface area contributed by atoms with Crippen molar-refractivity contribution in [3.8, 4) is 0 Å². The third kappa shape index (κ3) is 2.56. The highest BCUT2D eigenvalue weighted by Crippen LogP contribution is 2.35. The molecule has 5 heteroatoms. The second-order valence-electron chi connectivity index (χ2n) is 5.35. The summed E-state index contributed by atoms with van der Waals surface area (Å²) in [6, 6.07) is 1.51. The lowest BCUT2D eigenvalue weighted by Crippen LogP contribution is -2.52. The van der Waals surface area contributed by atoms with Crippen molar-refractivity contribution in [1.29, 1.82) is 0 Å². The van der Waals surface area contributed by atoms with Gasteiger partial charge in [0.25, 0.3) is 5.56 Å². The highest BCUT2D eigenvalue weighted by molar-refractivity contribution is 5.37. The van der Waals surface area contributed by atoms with Crippen LogP contribution in [0.1, 0.15) is 38.4 Å². The van der Waals surface area contributed by atoms with E-state index in [9.17, 15) is 4.79 Å². The molecular weight excluding hydrogens is 228 g/mol. The smallest absolute Gasteiger partial charge is 0.252 e. The van der Waals surface area contributed by atoms with E-state index in [4.69, 9.17) is 5.73 Å². The molecule has 0 spiro atoms. The standard InChI is InChI=1S/C13H22N4O/c1-9-5-3-4-6-13(9,8-14)17-11-7-12(18)16-10(2)15-11/h7,9H,3-6,8,14H2,1-2H3,(H2,15,16,17,18). The van der Waals surface area contributed by atoms with Crippen molar-refractivity contribution in [2.45, 2.75) is 45.1 Å². The van der Waals surface area contributed by atoms with Crippen molar-refractivity contribution in [1.82, 2.24) is 9.97 Å². The number of rotatable bonds is 3. The van der Waals surface area contributed by atoms with E-state index in [2.05, 4.69) is 22.2 Å². The van der Waals surface area contributed by atoms with Gasteiger partial charge < -0.3 is 16.0 Å². The first-order valence-corrected chi connectivity index (χ1v) is 6.62. The molecule has 1 aliphatic carbocycles. The molecule has 1 saturated carbocycles. The summed E-state index contributed by atoms with van der Waals surface area (Å²) in [4.78, 5) is 18.4. The van der Waals surface area contributed by atoms with Gasteiger partial charge in [0.2, 0.25) is 0 Å². The molecule has 0 saturated heterocycles. The molecule has 0 amide bonds. The molecule has 2 atom stereocenters. The van der Waals surface area contributed by atoms with Gasteiger partial charge in [0, 0.05) is 12.6 Å². The molecule has 0 radical (unpaired) electrons. The minimum absolute atomic E-state index is 0.120. The van der Waals surface area contributed by atoms with E-state index < -0.39 is 0 Å². The minimum atomic E-state index is -0.124. The third-order valence-corrected chi connectivity index (χ3v) is 4.05. The Morgan fingerprint density at radius 3 is 3.00 bits per heavy atom.